The van der Waals surface area contributed by atoms with Crippen LogP contribution in [0.15, 0.2) is 115 Å². The molecule has 0 atom stereocenters. The lowest BCUT2D eigenvalue weighted by molar-refractivity contribution is 0.463. The molecule has 6 rings (SSSR count). The molecule has 3 aromatic carbocycles. The van der Waals surface area contributed by atoms with Crippen LogP contribution in [0.5, 0.6) is 11.6 Å². The van der Waals surface area contributed by atoms with Crippen molar-refractivity contribution < 1.29 is 7.48 Å². The van der Waals surface area contributed by atoms with E-state index >= 15 is 0 Å². The minimum atomic E-state index is 0.231. The van der Waals surface area contributed by atoms with Crippen molar-refractivity contribution in [2.24, 2.45) is 0 Å². The second-order valence-corrected chi connectivity index (χ2v) is 7.43. The number of pyridine rings is 2. The van der Waals surface area contributed by atoms with Crippen molar-refractivity contribution in [1.29, 1.82) is 0 Å². The Kier molecular flexibility index (Phi) is 3.90. The van der Waals surface area contributed by atoms with E-state index < -0.39 is 0 Å². The molecule has 0 aliphatic heterocycles. The van der Waals surface area contributed by atoms with E-state index in [4.69, 9.17) is 7.48 Å². The maximum absolute atomic E-state index is 8.01. The average molecular weight is 415 g/mol. The van der Waals surface area contributed by atoms with E-state index in [1.54, 1.807) is 24.4 Å². The van der Waals surface area contributed by atoms with Gasteiger partial charge in [-0.1, -0.05) is 54.6 Å². The topological polar surface area (TPSA) is 39.9 Å². The molecule has 152 valence electrons. The second kappa shape index (κ2) is 7.67. The third-order valence-corrected chi connectivity index (χ3v) is 5.47. The van der Waals surface area contributed by atoms with E-state index in [0.29, 0.717) is 23.5 Å². The fourth-order valence-electron chi connectivity index (χ4n) is 4.07. The fraction of sp³-hybridized carbons (Fsp3) is 0. The van der Waals surface area contributed by atoms with Gasteiger partial charge in [0, 0.05) is 29.2 Å². The molecule has 0 spiro atoms. The average Bonchev–Trinajstić information content (AvgIpc) is 3.18. The van der Waals surface area contributed by atoms with Crippen molar-refractivity contribution in [3.05, 3.63) is 115 Å². The second-order valence-electron chi connectivity index (χ2n) is 7.43. The summed E-state index contributed by atoms with van der Waals surface area (Å²) in [6.07, 6.45) is 1.79. The number of para-hydroxylation sites is 1. The van der Waals surface area contributed by atoms with Crippen LogP contribution in [0.2, 0.25) is 0 Å². The number of aromatic nitrogens is 3. The highest BCUT2D eigenvalue weighted by Gasteiger charge is 2.13. The maximum atomic E-state index is 8.01. The van der Waals surface area contributed by atoms with Crippen molar-refractivity contribution in [2.75, 3.05) is 0 Å². The van der Waals surface area contributed by atoms with E-state index in [9.17, 15) is 0 Å². The lowest BCUT2D eigenvalue weighted by Crippen LogP contribution is -1.96. The van der Waals surface area contributed by atoms with Crippen molar-refractivity contribution in [1.82, 2.24) is 14.5 Å². The van der Waals surface area contributed by atoms with Gasteiger partial charge in [0.05, 0.1) is 13.8 Å². The standard InChI is InChI=1S/C28H19N3O/c1-2-11-25-23(10-1)24-15-14-21(19-26(24)31(25)27-12-3-5-16-29-27)20-8-7-9-22(18-20)32-28-13-4-6-17-30-28/h1-19H/i4D,16D. The Balaban J connectivity index is 1.49. The van der Waals surface area contributed by atoms with Crippen LogP contribution in [-0.2, 0) is 0 Å². The van der Waals surface area contributed by atoms with Gasteiger partial charge >= 0.3 is 0 Å². The van der Waals surface area contributed by atoms with Crippen molar-refractivity contribution >= 4 is 21.8 Å². The van der Waals surface area contributed by atoms with Gasteiger partial charge in [0.1, 0.15) is 11.6 Å². The van der Waals surface area contributed by atoms with Gasteiger partial charge in [0.25, 0.3) is 0 Å². The van der Waals surface area contributed by atoms with Gasteiger partial charge in [0.15, 0.2) is 0 Å². The van der Waals surface area contributed by atoms with E-state index in [-0.39, 0.29) is 6.17 Å². The Labute approximate surface area is 188 Å². The predicted octanol–water partition coefficient (Wildman–Crippen LogP) is 7.03. The molecule has 4 nitrogen and oxygen atoms in total. The first-order valence-electron chi connectivity index (χ1n) is 11.3. The highest BCUT2D eigenvalue weighted by Crippen LogP contribution is 2.35. The van der Waals surface area contributed by atoms with E-state index in [1.807, 2.05) is 48.5 Å². The normalized spacial score (nSPS) is 12.0. The van der Waals surface area contributed by atoms with Gasteiger partial charge in [-0.05, 0) is 53.6 Å². The first kappa shape index (κ1) is 16.3. The lowest BCUT2D eigenvalue weighted by atomic mass is 10.0. The largest absolute Gasteiger partial charge is 0.439 e. The lowest BCUT2D eigenvalue weighted by Gasteiger charge is -2.09. The van der Waals surface area contributed by atoms with E-state index in [2.05, 4.69) is 44.9 Å². The smallest absolute Gasteiger partial charge is 0.219 e. The molecule has 0 fully saturated rings. The maximum Gasteiger partial charge on any atom is 0.219 e. The fourth-order valence-corrected chi connectivity index (χ4v) is 4.07. The van der Waals surface area contributed by atoms with Crippen LogP contribution in [-0.4, -0.2) is 14.5 Å². The van der Waals surface area contributed by atoms with Crippen LogP contribution in [0.3, 0.4) is 0 Å². The molecule has 0 aliphatic rings. The monoisotopic (exact) mass is 415 g/mol. The summed E-state index contributed by atoms with van der Waals surface area (Å²) in [7, 11) is 0. The van der Waals surface area contributed by atoms with Gasteiger partial charge in [-0.25, -0.2) is 9.97 Å². The summed E-state index contributed by atoms with van der Waals surface area (Å²) in [4.78, 5) is 8.66. The first-order valence-corrected chi connectivity index (χ1v) is 10.3. The summed E-state index contributed by atoms with van der Waals surface area (Å²) in [6, 6.07) is 31.5. The molecule has 0 radical (unpaired) electrons. The molecule has 6 aromatic rings. The molecule has 3 aromatic heterocycles. The van der Waals surface area contributed by atoms with Crippen molar-refractivity contribution in [3.63, 3.8) is 0 Å². The zero-order valence-electron chi connectivity index (χ0n) is 19.1. The van der Waals surface area contributed by atoms with Crippen LogP contribution < -0.4 is 4.74 Å². The summed E-state index contributed by atoms with van der Waals surface area (Å²) in [5, 5.41) is 2.26. The molecule has 0 unspecified atom stereocenters. The zero-order chi connectivity index (χ0) is 23.1. The molecule has 3 heterocycles. The molecular weight excluding hydrogens is 394 g/mol. The van der Waals surface area contributed by atoms with Gasteiger partial charge in [-0.3, -0.25) is 4.57 Å². The molecule has 4 heteroatoms. The molecule has 0 aliphatic carbocycles. The highest BCUT2D eigenvalue weighted by atomic mass is 16.5. The Morgan fingerprint density at radius 2 is 1.56 bits per heavy atom. The Morgan fingerprint density at radius 3 is 2.50 bits per heavy atom. The number of fused-ring (bicyclic) bond motifs is 3. The van der Waals surface area contributed by atoms with Gasteiger partial charge in [-0.15, -0.1) is 0 Å². The van der Waals surface area contributed by atoms with Gasteiger partial charge in [0.2, 0.25) is 5.88 Å². The van der Waals surface area contributed by atoms with Crippen LogP contribution in [0.1, 0.15) is 2.74 Å². The summed E-state index contributed by atoms with van der Waals surface area (Å²) in [6.45, 7) is 0. The molecule has 0 amide bonds. The molecule has 0 saturated carbocycles. The minimum Gasteiger partial charge on any atom is -0.439 e. The number of hydrogen-bond acceptors (Lipinski definition) is 3. The Hall–Kier alpha value is -4.44. The van der Waals surface area contributed by atoms with E-state index in [0.717, 1.165) is 32.9 Å². The van der Waals surface area contributed by atoms with Gasteiger partial charge in [-0.2, -0.15) is 0 Å². The summed E-state index contributed by atoms with van der Waals surface area (Å²) < 4.78 is 23.8. The predicted molar refractivity (Wildman–Crippen MR) is 128 cm³/mol. The number of benzene rings is 3. The molecule has 0 N–H and O–H groups in total. The first-order chi connectivity index (χ1) is 16.7. The van der Waals surface area contributed by atoms with Crippen LogP contribution in [0, 0.1) is 0 Å². The van der Waals surface area contributed by atoms with Gasteiger partial charge < -0.3 is 4.74 Å². The number of rotatable bonds is 4. The van der Waals surface area contributed by atoms with Crippen molar-refractivity contribution in [3.8, 4) is 28.6 Å². The number of hydrogen-bond donors (Lipinski definition) is 0. The third-order valence-electron chi connectivity index (χ3n) is 5.47. The van der Waals surface area contributed by atoms with Crippen LogP contribution >= 0.6 is 0 Å². The molecule has 32 heavy (non-hydrogen) atoms. The Morgan fingerprint density at radius 1 is 0.688 bits per heavy atom. The van der Waals surface area contributed by atoms with Crippen molar-refractivity contribution in [2.45, 2.75) is 0 Å². The molecule has 0 bridgehead atoms. The zero-order valence-corrected chi connectivity index (χ0v) is 17.1. The quantitative estimate of drug-likeness (QED) is 0.310. The summed E-state index contributed by atoms with van der Waals surface area (Å²) in [5.74, 6) is 1.76. The molecule has 0 saturated heterocycles. The minimum absolute atomic E-state index is 0.231. The Bertz CT molecular complexity index is 1680. The number of nitrogens with zero attached hydrogens (tertiary/aromatic N) is 3. The number of ether oxygens (including phenoxy) is 1. The summed E-state index contributed by atoms with van der Waals surface area (Å²) in [5.41, 5.74) is 4.10. The third kappa shape index (κ3) is 3.19. The van der Waals surface area contributed by atoms with E-state index in [1.165, 1.54) is 0 Å². The SMILES string of the molecule is [2H]c1ccnc(Oc2cccc(-c3ccc4c5ccccc5n(-c5cccc([2H])n5)c4c3)c2)c1. The summed E-state index contributed by atoms with van der Waals surface area (Å²) >= 11 is 0. The van der Waals surface area contributed by atoms with Crippen LogP contribution in [0.25, 0.3) is 38.8 Å². The van der Waals surface area contributed by atoms with Crippen LogP contribution in [0.4, 0.5) is 0 Å². The highest BCUT2D eigenvalue weighted by molar-refractivity contribution is 6.10. The molecular formula is C28H19N3O.